The van der Waals surface area contributed by atoms with E-state index in [0.717, 1.165) is 6.42 Å². The number of hydrogen-bond acceptors (Lipinski definition) is 4. The van der Waals surface area contributed by atoms with Crippen LogP contribution in [0.1, 0.15) is 79.6 Å². The van der Waals surface area contributed by atoms with Crippen molar-refractivity contribution in [2.45, 2.75) is 65.7 Å². The van der Waals surface area contributed by atoms with Crippen LogP contribution in [0.3, 0.4) is 0 Å². The minimum Gasteiger partial charge on any atom is -0.338 e. The Hall–Kier alpha value is -1.87. The van der Waals surface area contributed by atoms with Crippen LogP contribution in [-0.2, 0) is 4.79 Å². The molecule has 142 valence electrons. The molecule has 0 bridgehead atoms. The Bertz CT molecular complexity index is 680. The Labute approximate surface area is 160 Å². The molecule has 0 radical (unpaired) electrons. The molecule has 6 heteroatoms. The second-order valence-corrected chi connectivity index (χ2v) is 7.96. The molecule has 26 heavy (non-hydrogen) atoms. The van der Waals surface area contributed by atoms with Gasteiger partial charge in [0.15, 0.2) is 0 Å². The molecule has 1 N–H and O–H groups in total. The highest BCUT2D eigenvalue weighted by molar-refractivity contribution is 7.18. The van der Waals surface area contributed by atoms with E-state index in [1.807, 2.05) is 13.8 Å². The van der Waals surface area contributed by atoms with Crippen LogP contribution in [-0.4, -0.2) is 29.8 Å². The summed E-state index contributed by atoms with van der Waals surface area (Å²) >= 11 is 1.22. The standard InChI is InChI=1S/C20H29N3O2S/c1-4-23(5-2)20(25)18-14(3)16(13-21)19(26-18)22-17(24)12-11-15-9-7-6-8-10-15/h15H,4-12H2,1-3H3,(H,22,24). The summed E-state index contributed by atoms with van der Waals surface area (Å²) in [6, 6.07) is 2.15. The fourth-order valence-corrected chi connectivity index (χ4v) is 4.74. The average molecular weight is 376 g/mol. The van der Waals surface area contributed by atoms with Crippen molar-refractivity contribution in [3.8, 4) is 6.07 Å². The van der Waals surface area contributed by atoms with Crippen LogP contribution in [0.2, 0.25) is 0 Å². The Morgan fingerprint density at radius 1 is 1.23 bits per heavy atom. The first-order valence-electron chi connectivity index (χ1n) is 9.64. The molecule has 1 heterocycles. The van der Waals surface area contributed by atoms with Gasteiger partial charge in [-0.2, -0.15) is 5.26 Å². The van der Waals surface area contributed by atoms with Gasteiger partial charge in [0.05, 0.1) is 10.4 Å². The summed E-state index contributed by atoms with van der Waals surface area (Å²) in [6.07, 6.45) is 7.67. The second-order valence-electron chi connectivity index (χ2n) is 6.94. The molecule has 2 amide bonds. The van der Waals surface area contributed by atoms with E-state index in [0.29, 0.717) is 46.4 Å². The predicted molar refractivity (Wildman–Crippen MR) is 105 cm³/mol. The van der Waals surface area contributed by atoms with E-state index in [4.69, 9.17) is 0 Å². The van der Waals surface area contributed by atoms with Crippen molar-refractivity contribution in [3.05, 3.63) is 16.0 Å². The lowest BCUT2D eigenvalue weighted by Crippen LogP contribution is -2.30. The molecule has 1 aromatic rings. The molecule has 0 spiro atoms. The Morgan fingerprint density at radius 3 is 2.46 bits per heavy atom. The molecular formula is C20H29N3O2S. The van der Waals surface area contributed by atoms with Gasteiger partial charge in [-0.15, -0.1) is 11.3 Å². The summed E-state index contributed by atoms with van der Waals surface area (Å²) in [6.45, 7) is 6.89. The molecule has 1 aliphatic rings. The maximum absolute atomic E-state index is 12.6. The first-order chi connectivity index (χ1) is 12.5. The second kappa shape index (κ2) is 9.72. The third-order valence-electron chi connectivity index (χ3n) is 5.26. The number of carbonyl (C=O) groups is 2. The number of anilines is 1. The highest BCUT2D eigenvalue weighted by atomic mass is 32.1. The monoisotopic (exact) mass is 375 g/mol. The van der Waals surface area contributed by atoms with Crippen LogP contribution in [0.15, 0.2) is 0 Å². The summed E-state index contributed by atoms with van der Waals surface area (Å²) in [5, 5.41) is 12.9. The first-order valence-corrected chi connectivity index (χ1v) is 10.5. The number of amides is 2. The Morgan fingerprint density at radius 2 is 1.88 bits per heavy atom. The van der Waals surface area contributed by atoms with Crippen molar-refractivity contribution in [1.82, 2.24) is 4.90 Å². The molecule has 1 aromatic heterocycles. The highest BCUT2D eigenvalue weighted by Gasteiger charge is 2.24. The normalized spacial score (nSPS) is 14.7. The average Bonchev–Trinajstić information content (AvgIpc) is 2.97. The summed E-state index contributed by atoms with van der Waals surface area (Å²) in [5.41, 5.74) is 1.08. The topological polar surface area (TPSA) is 73.2 Å². The number of carbonyl (C=O) groups excluding carboxylic acids is 2. The molecule has 0 atom stereocenters. The van der Waals surface area contributed by atoms with Crippen molar-refractivity contribution >= 4 is 28.2 Å². The molecule has 0 aliphatic heterocycles. The van der Waals surface area contributed by atoms with Crippen molar-refractivity contribution in [1.29, 1.82) is 5.26 Å². The number of thiophene rings is 1. The lowest BCUT2D eigenvalue weighted by Gasteiger charge is -2.20. The molecule has 1 fully saturated rings. The number of nitrogens with zero attached hydrogens (tertiary/aromatic N) is 2. The van der Waals surface area contributed by atoms with Gasteiger partial charge in [-0.25, -0.2) is 0 Å². The van der Waals surface area contributed by atoms with Crippen molar-refractivity contribution in [3.63, 3.8) is 0 Å². The molecular weight excluding hydrogens is 346 g/mol. The molecule has 2 rings (SSSR count). The minimum atomic E-state index is -0.0725. The number of hydrogen-bond donors (Lipinski definition) is 1. The molecule has 0 aromatic carbocycles. The summed E-state index contributed by atoms with van der Waals surface area (Å²) < 4.78 is 0. The molecule has 0 unspecified atom stereocenters. The number of nitriles is 1. The Balaban J connectivity index is 2.06. The van der Waals surface area contributed by atoms with Gasteiger partial charge < -0.3 is 10.2 Å². The lowest BCUT2D eigenvalue weighted by molar-refractivity contribution is -0.116. The Kier molecular flexibility index (Phi) is 7.65. The van der Waals surface area contributed by atoms with E-state index < -0.39 is 0 Å². The van der Waals surface area contributed by atoms with Crippen molar-refractivity contribution in [2.75, 3.05) is 18.4 Å². The van der Waals surface area contributed by atoms with Gasteiger partial charge in [-0.05, 0) is 38.7 Å². The molecule has 5 nitrogen and oxygen atoms in total. The van der Waals surface area contributed by atoms with Crippen LogP contribution in [0, 0.1) is 24.2 Å². The summed E-state index contributed by atoms with van der Waals surface area (Å²) in [4.78, 5) is 27.3. The fraction of sp³-hybridized carbons (Fsp3) is 0.650. The van der Waals surface area contributed by atoms with Gasteiger partial charge in [-0.1, -0.05) is 32.1 Å². The number of rotatable bonds is 7. The zero-order valence-corrected chi connectivity index (χ0v) is 16.9. The summed E-state index contributed by atoms with van der Waals surface area (Å²) in [5.74, 6) is 0.515. The van der Waals surface area contributed by atoms with E-state index >= 15 is 0 Å². The van der Waals surface area contributed by atoms with Gasteiger partial charge in [0.2, 0.25) is 5.91 Å². The van der Waals surface area contributed by atoms with Crippen LogP contribution in [0.5, 0.6) is 0 Å². The van der Waals surface area contributed by atoms with Crippen LogP contribution in [0.4, 0.5) is 5.00 Å². The smallest absolute Gasteiger partial charge is 0.264 e. The molecule has 0 saturated heterocycles. The van der Waals surface area contributed by atoms with E-state index in [1.165, 1.54) is 43.4 Å². The zero-order chi connectivity index (χ0) is 19.1. The lowest BCUT2D eigenvalue weighted by atomic mass is 9.86. The van der Waals surface area contributed by atoms with E-state index in [2.05, 4.69) is 11.4 Å². The van der Waals surface area contributed by atoms with Gasteiger partial charge in [0.25, 0.3) is 5.91 Å². The van der Waals surface area contributed by atoms with Crippen LogP contribution in [0.25, 0.3) is 0 Å². The predicted octanol–water partition coefficient (Wildman–Crippen LogP) is 4.71. The van der Waals surface area contributed by atoms with Crippen molar-refractivity contribution < 1.29 is 9.59 Å². The summed E-state index contributed by atoms with van der Waals surface area (Å²) in [7, 11) is 0. The van der Waals surface area contributed by atoms with E-state index in [1.54, 1.807) is 11.8 Å². The number of nitrogens with one attached hydrogen (secondary N) is 1. The van der Waals surface area contributed by atoms with E-state index in [-0.39, 0.29) is 11.8 Å². The van der Waals surface area contributed by atoms with Crippen LogP contribution >= 0.6 is 11.3 Å². The van der Waals surface area contributed by atoms with Gasteiger partial charge in [0.1, 0.15) is 11.1 Å². The van der Waals surface area contributed by atoms with Crippen LogP contribution < -0.4 is 5.32 Å². The van der Waals surface area contributed by atoms with Crippen molar-refractivity contribution in [2.24, 2.45) is 5.92 Å². The van der Waals surface area contributed by atoms with Gasteiger partial charge in [-0.3, -0.25) is 9.59 Å². The third kappa shape index (κ3) is 4.85. The first kappa shape index (κ1) is 20.4. The largest absolute Gasteiger partial charge is 0.338 e. The quantitative estimate of drug-likeness (QED) is 0.750. The maximum atomic E-state index is 12.6. The SMILES string of the molecule is CCN(CC)C(=O)c1sc(NC(=O)CCC2CCCCC2)c(C#N)c1C. The maximum Gasteiger partial charge on any atom is 0.264 e. The highest BCUT2D eigenvalue weighted by Crippen LogP contribution is 2.34. The zero-order valence-electron chi connectivity index (χ0n) is 16.1. The molecule has 1 saturated carbocycles. The van der Waals surface area contributed by atoms with E-state index in [9.17, 15) is 14.9 Å². The third-order valence-corrected chi connectivity index (χ3v) is 6.46. The molecule has 1 aliphatic carbocycles. The van der Waals surface area contributed by atoms with Gasteiger partial charge >= 0.3 is 0 Å². The minimum absolute atomic E-state index is 0.0600. The van der Waals surface area contributed by atoms with Gasteiger partial charge in [0, 0.05) is 19.5 Å². The fourth-order valence-electron chi connectivity index (χ4n) is 3.59.